The summed E-state index contributed by atoms with van der Waals surface area (Å²) in [5, 5.41) is 15.4. The van der Waals surface area contributed by atoms with Crippen molar-refractivity contribution in [2.75, 3.05) is 9.80 Å². The molecule has 14 aromatic carbocycles. The molecule has 3 aromatic heterocycles. The summed E-state index contributed by atoms with van der Waals surface area (Å²) in [6.45, 7) is 0. The topological polar surface area (TPSA) is 45.9 Å². The normalized spacial score (nSPS) is 12.0. The largest absolute Gasteiger partial charge is 0.456 e. The van der Waals surface area contributed by atoms with Crippen molar-refractivity contribution in [3.8, 4) is 22.3 Å². The highest BCUT2D eigenvalue weighted by molar-refractivity contribution is 6.19. The zero-order valence-electron chi connectivity index (χ0n) is 43.7. The van der Waals surface area contributed by atoms with Gasteiger partial charge in [0.1, 0.15) is 22.3 Å². The third kappa shape index (κ3) is 7.12. The molecule has 0 fully saturated rings. The van der Waals surface area contributed by atoms with Crippen LogP contribution >= 0.6 is 0 Å². The molecule has 0 N–H and O–H groups in total. The van der Waals surface area contributed by atoms with Gasteiger partial charge < -0.3 is 23.1 Å². The standard InChI is InChI=1S/C76H46N2O3/c1-3-17-49(18-4-1)59-37-39-63-61-27-11-13-31-69(61)80-75(63)73(59)77(67-29-15-23-47-21-7-9-25-57(47)67)55-35-33-51-43-65-66-44-52-34-36-56(42-54(52)46-72(66)79-71(65)45-53(51)41-55)78(68-30-16-24-48-22-8-10-26-58(48)68)74-60(50-19-5-2-6-20-50)38-40-64-62-28-12-14-32-70(62)81-76(64)74/h1-46H. The molecule has 0 aliphatic heterocycles. The molecule has 17 aromatic rings. The first kappa shape index (κ1) is 45.2. The van der Waals surface area contributed by atoms with Gasteiger partial charge in [0.05, 0.1) is 22.7 Å². The molecule has 5 nitrogen and oxygen atoms in total. The van der Waals surface area contributed by atoms with Crippen molar-refractivity contribution in [1.29, 1.82) is 0 Å². The van der Waals surface area contributed by atoms with Crippen LogP contribution in [-0.2, 0) is 0 Å². The predicted octanol–water partition coefficient (Wildman–Crippen LogP) is 22.3. The highest BCUT2D eigenvalue weighted by Gasteiger charge is 2.28. The zero-order chi connectivity index (χ0) is 53.1. The summed E-state index contributed by atoms with van der Waals surface area (Å²) >= 11 is 0. The van der Waals surface area contributed by atoms with E-state index < -0.39 is 0 Å². The van der Waals surface area contributed by atoms with Gasteiger partial charge in [-0.15, -0.1) is 0 Å². The SMILES string of the molecule is c1ccc(-c2ccc3c(oc4ccccc43)c2N(c2ccc3cc4c(cc3c2)oc2cc3cc(N(c5cccc6ccccc56)c5c(-c6ccccc6)ccc6c5oc5ccccc56)ccc3cc24)c2cccc3ccccc23)cc1. The molecule has 3 heterocycles. The van der Waals surface area contributed by atoms with Crippen LogP contribution in [0, 0.1) is 0 Å². The van der Waals surface area contributed by atoms with E-state index in [4.69, 9.17) is 13.3 Å². The lowest BCUT2D eigenvalue weighted by Crippen LogP contribution is -2.12. The van der Waals surface area contributed by atoms with Crippen LogP contribution in [0.25, 0.3) is 131 Å². The van der Waals surface area contributed by atoms with E-state index in [1.54, 1.807) is 0 Å². The number of para-hydroxylation sites is 2. The van der Waals surface area contributed by atoms with Gasteiger partial charge in [-0.1, -0.05) is 194 Å². The molecule has 0 saturated heterocycles. The Morgan fingerprint density at radius 2 is 0.630 bits per heavy atom. The summed E-state index contributed by atoms with van der Waals surface area (Å²) < 4.78 is 20.9. The van der Waals surface area contributed by atoms with Gasteiger partial charge in [-0.25, -0.2) is 0 Å². The van der Waals surface area contributed by atoms with Crippen molar-refractivity contribution in [1.82, 2.24) is 0 Å². The van der Waals surface area contributed by atoms with E-state index in [1.807, 2.05) is 12.1 Å². The van der Waals surface area contributed by atoms with Crippen LogP contribution in [-0.4, -0.2) is 0 Å². The number of furan rings is 3. The van der Waals surface area contributed by atoms with E-state index in [0.717, 1.165) is 165 Å². The van der Waals surface area contributed by atoms with E-state index in [0.29, 0.717) is 0 Å². The second kappa shape index (κ2) is 17.8. The number of nitrogens with zero attached hydrogens (tertiary/aromatic N) is 2. The molecule has 0 bridgehead atoms. The number of anilines is 6. The van der Waals surface area contributed by atoms with E-state index in [2.05, 4.69) is 277 Å². The Hall–Kier alpha value is -10.9. The molecule has 0 spiro atoms. The first-order valence-electron chi connectivity index (χ1n) is 27.5. The van der Waals surface area contributed by atoms with E-state index in [1.165, 1.54) is 0 Å². The quantitative estimate of drug-likeness (QED) is 0.152. The van der Waals surface area contributed by atoms with Crippen LogP contribution < -0.4 is 9.80 Å². The average Bonchev–Trinajstić information content (AvgIpc) is 4.42. The van der Waals surface area contributed by atoms with Gasteiger partial charge in [0.15, 0.2) is 11.2 Å². The fourth-order valence-electron chi connectivity index (χ4n) is 12.8. The van der Waals surface area contributed by atoms with E-state index in [-0.39, 0.29) is 0 Å². The van der Waals surface area contributed by atoms with Crippen molar-refractivity contribution in [3.63, 3.8) is 0 Å². The van der Waals surface area contributed by atoms with Crippen LogP contribution in [0.2, 0.25) is 0 Å². The van der Waals surface area contributed by atoms with Gasteiger partial charge >= 0.3 is 0 Å². The Bertz CT molecular complexity index is 5040. The Kier molecular flexibility index (Phi) is 9.94. The molecule has 0 aliphatic carbocycles. The molecule has 0 radical (unpaired) electrons. The molecule has 81 heavy (non-hydrogen) atoms. The van der Waals surface area contributed by atoms with Crippen molar-refractivity contribution in [3.05, 3.63) is 279 Å². The minimum atomic E-state index is 0.827. The van der Waals surface area contributed by atoms with Crippen LogP contribution in [0.15, 0.2) is 292 Å². The van der Waals surface area contributed by atoms with Gasteiger partial charge in [0.25, 0.3) is 0 Å². The molecule has 17 rings (SSSR count). The second-order valence-corrected chi connectivity index (χ2v) is 21.1. The molecule has 0 amide bonds. The van der Waals surface area contributed by atoms with Gasteiger partial charge in [-0.05, 0) is 128 Å². The van der Waals surface area contributed by atoms with Crippen LogP contribution in [0.1, 0.15) is 0 Å². The first-order valence-corrected chi connectivity index (χ1v) is 27.5. The molecule has 0 aliphatic rings. The number of hydrogen-bond acceptors (Lipinski definition) is 5. The lowest BCUT2D eigenvalue weighted by atomic mass is 9.97. The Morgan fingerprint density at radius 1 is 0.222 bits per heavy atom. The zero-order valence-corrected chi connectivity index (χ0v) is 43.7. The Morgan fingerprint density at radius 3 is 1.10 bits per heavy atom. The molecule has 378 valence electrons. The fourth-order valence-corrected chi connectivity index (χ4v) is 12.8. The number of hydrogen-bond donors (Lipinski definition) is 0. The number of rotatable bonds is 8. The predicted molar refractivity (Wildman–Crippen MR) is 339 cm³/mol. The fraction of sp³-hybridized carbons (Fsp3) is 0. The van der Waals surface area contributed by atoms with Gasteiger partial charge in [0, 0.05) is 65.6 Å². The summed E-state index contributed by atoms with van der Waals surface area (Å²) in [6, 6.07) is 99.9. The van der Waals surface area contributed by atoms with Crippen LogP contribution in [0.3, 0.4) is 0 Å². The highest BCUT2D eigenvalue weighted by Crippen LogP contribution is 2.52. The summed E-state index contributed by atoms with van der Waals surface area (Å²) in [6.07, 6.45) is 0. The smallest absolute Gasteiger partial charge is 0.160 e. The van der Waals surface area contributed by atoms with Crippen molar-refractivity contribution in [2.24, 2.45) is 0 Å². The van der Waals surface area contributed by atoms with Crippen molar-refractivity contribution >= 4 is 143 Å². The second-order valence-electron chi connectivity index (χ2n) is 21.1. The van der Waals surface area contributed by atoms with Crippen LogP contribution in [0.4, 0.5) is 34.1 Å². The average molecular weight is 1040 g/mol. The Labute approximate surface area is 464 Å². The van der Waals surface area contributed by atoms with Gasteiger partial charge in [0.2, 0.25) is 0 Å². The maximum Gasteiger partial charge on any atom is 0.160 e. The molecule has 5 heteroatoms. The minimum absolute atomic E-state index is 0.827. The minimum Gasteiger partial charge on any atom is -0.456 e. The Balaban J connectivity index is 0.857. The monoisotopic (exact) mass is 1030 g/mol. The molecular formula is C76H46N2O3. The van der Waals surface area contributed by atoms with E-state index in [9.17, 15) is 0 Å². The molecule has 0 atom stereocenters. The van der Waals surface area contributed by atoms with Crippen molar-refractivity contribution in [2.45, 2.75) is 0 Å². The van der Waals surface area contributed by atoms with Crippen LogP contribution in [0.5, 0.6) is 0 Å². The summed E-state index contributed by atoms with van der Waals surface area (Å²) in [5.74, 6) is 0. The molecule has 0 saturated carbocycles. The van der Waals surface area contributed by atoms with E-state index >= 15 is 0 Å². The lowest BCUT2D eigenvalue weighted by Gasteiger charge is -2.29. The summed E-state index contributed by atoms with van der Waals surface area (Å²) in [4.78, 5) is 4.81. The number of fused-ring (bicyclic) bond motifs is 13. The highest BCUT2D eigenvalue weighted by atomic mass is 16.3. The van der Waals surface area contributed by atoms with Gasteiger partial charge in [-0.2, -0.15) is 0 Å². The first-order chi connectivity index (χ1) is 40.1. The molecule has 0 unspecified atom stereocenters. The maximum atomic E-state index is 7.00. The lowest BCUT2D eigenvalue weighted by molar-refractivity contribution is 0.669. The maximum absolute atomic E-state index is 7.00. The number of benzene rings is 14. The summed E-state index contributed by atoms with van der Waals surface area (Å²) in [7, 11) is 0. The summed E-state index contributed by atoms with van der Waals surface area (Å²) in [5.41, 5.74) is 15.4. The third-order valence-corrected chi connectivity index (χ3v) is 16.5. The molecular weight excluding hydrogens is 989 g/mol. The third-order valence-electron chi connectivity index (χ3n) is 16.5. The van der Waals surface area contributed by atoms with Crippen molar-refractivity contribution < 1.29 is 13.3 Å². The van der Waals surface area contributed by atoms with Gasteiger partial charge in [-0.3, -0.25) is 0 Å².